The van der Waals surface area contributed by atoms with Crippen LogP contribution in [0.1, 0.15) is 11.1 Å². The van der Waals surface area contributed by atoms with Crippen molar-refractivity contribution in [3.05, 3.63) is 92.9 Å². The number of amides is 1. The zero-order chi connectivity index (χ0) is 22.5. The number of nitrogens with zero attached hydrogens (tertiary/aromatic N) is 3. The van der Waals surface area contributed by atoms with Crippen molar-refractivity contribution in [2.75, 3.05) is 5.75 Å². The number of hydrogen-bond acceptors (Lipinski definition) is 4. The van der Waals surface area contributed by atoms with E-state index in [4.69, 9.17) is 39.8 Å². The zero-order valence-corrected chi connectivity index (χ0v) is 19.7. The lowest BCUT2D eigenvalue weighted by atomic mass is 10.2. The van der Waals surface area contributed by atoms with Gasteiger partial charge in [-0.1, -0.05) is 76.9 Å². The maximum absolute atomic E-state index is 12.3. The number of carbonyl (C=O) groups is 1. The van der Waals surface area contributed by atoms with Crippen molar-refractivity contribution >= 4 is 69.7 Å². The Hall–Kier alpha value is -2.51. The van der Waals surface area contributed by atoms with Crippen molar-refractivity contribution in [2.45, 2.75) is 11.7 Å². The lowest BCUT2D eigenvalue weighted by molar-refractivity contribution is -0.118. The first-order valence-corrected chi connectivity index (χ1v) is 11.7. The van der Waals surface area contributed by atoms with Crippen LogP contribution in [-0.2, 0) is 11.3 Å². The van der Waals surface area contributed by atoms with Gasteiger partial charge in [0.25, 0.3) is 5.91 Å². The molecule has 0 radical (unpaired) electrons. The molecule has 0 fully saturated rings. The van der Waals surface area contributed by atoms with Crippen LogP contribution < -0.4 is 5.43 Å². The lowest BCUT2D eigenvalue weighted by Crippen LogP contribution is -2.20. The Morgan fingerprint density at radius 3 is 2.56 bits per heavy atom. The summed E-state index contributed by atoms with van der Waals surface area (Å²) in [6.45, 7) is 0.620. The van der Waals surface area contributed by atoms with E-state index >= 15 is 0 Å². The summed E-state index contributed by atoms with van der Waals surface area (Å²) < 4.78 is 2.09. The largest absolute Gasteiger partial charge is 0.314 e. The molecule has 162 valence electrons. The van der Waals surface area contributed by atoms with Crippen LogP contribution in [0, 0.1) is 0 Å². The van der Waals surface area contributed by atoms with Crippen molar-refractivity contribution < 1.29 is 4.79 Å². The molecule has 0 saturated carbocycles. The highest BCUT2D eigenvalue weighted by Gasteiger charge is 2.13. The van der Waals surface area contributed by atoms with Gasteiger partial charge >= 0.3 is 0 Å². The molecule has 3 aromatic carbocycles. The average molecular weight is 504 g/mol. The fourth-order valence-electron chi connectivity index (χ4n) is 3.03. The first kappa shape index (κ1) is 22.7. The molecule has 9 heteroatoms. The third kappa shape index (κ3) is 5.64. The van der Waals surface area contributed by atoms with E-state index in [1.54, 1.807) is 18.2 Å². The molecule has 0 atom stereocenters. The van der Waals surface area contributed by atoms with Crippen molar-refractivity contribution in [3.63, 3.8) is 0 Å². The van der Waals surface area contributed by atoms with Crippen LogP contribution in [0.25, 0.3) is 11.0 Å². The quantitative estimate of drug-likeness (QED) is 0.183. The number of hydrogen-bond donors (Lipinski definition) is 1. The van der Waals surface area contributed by atoms with E-state index in [1.165, 1.54) is 18.0 Å². The normalized spacial score (nSPS) is 11.3. The first-order valence-electron chi connectivity index (χ1n) is 9.59. The molecule has 0 aliphatic rings. The van der Waals surface area contributed by atoms with Crippen molar-refractivity contribution in [2.24, 2.45) is 5.10 Å². The Morgan fingerprint density at radius 2 is 1.78 bits per heavy atom. The molecule has 32 heavy (non-hydrogen) atoms. The standard InChI is InChI=1S/C23H17Cl3N4OS/c24-17-8-5-15(6-9-17)13-30-21-4-2-1-3-20(21)28-23(30)32-14-22(31)29-27-12-16-7-10-18(25)11-19(16)26/h1-12H,13-14H2,(H,29,31)/b27-12+. The van der Waals surface area contributed by atoms with Gasteiger partial charge in [-0.2, -0.15) is 5.10 Å². The maximum atomic E-state index is 12.3. The number of para-hydroxylation sites is 2. The minimum Gasteiger partial charge on any atom is -0.314 e. The summed E-state index contributed by atoms with van der Waals surface area (Å²) in [5, 5.41) is 6.42. The number of imidazole rings is 1. The maximum Gasteiger partial charge on any atom is 0.250 e. The van der Waals surface area contributed by atoms with E-state index in [9.17, 15) is 4.79 Å². The lowest BCUT2D eigenvalue weighted by Gasteiger charge is -2.09. The highest BCUT2D eigenvalue weighted by Crippen LogP contribution is 2.25. The van der Waals surface area contributed by atoms with Gasteiger partial charge in [-0.15, -0.1) is 0 Å². The molecule has 0 aliphatic heterocycles. The van der Waals surface area contributed by atoms with Gasteiger partial charge < -0.3 is 4.57 Å². The zero-order valence-electron chi connectivity index (χ0n) is 16.6. The molecule has 4 rings (SSSR count). The molecule has 0 aliphatic carbocycles. The average Bonchev–Trinajstić information content (AvgIpc) is 3.13. The number of aromatic nitrogens is 2. The Balaban J connectivity index is 1.44. The Bertz CT molecular complexity index is 1290. The molecule has 1 amide bonds. The number of benzene rings is 3. The molecule has 0 unspecified atom stereocenters. The van der Waals surface area contributed by atoms with Gasteiger partial charge in [-0.25, -0.2) is 10.4 Å². The smallest absolute Gasteiger partial charge is 0.250 e. The Kier molecular flexibility index (Phi) is 7.37. The topological polar surface area (TPSA) is 59.3 Å². The SMILES string of the molecule is O=C(CSc1nc2ccccc2n1Cc1ccc(Cl)cc1)N/N=C/c1ccc(Cl)cc1Cl. The number of rotatable bonds is 7. The highest BCUT2D eigenvalue weighted by atomic mass is 35.5. The number of hydrazone groups is 1. The van der Waals surface area contributed by atoms with Crippen LogP contribution >= 0.6 is 46.6 Å². The summed E-state index contributed by atoms with van der Waals surface area (Å²) in [5.74, 6) is -0.0863. The van der Waals surface area contributed by atoms with E-state index in [0.29, 0.717) is 27.2 Å². The van der Waals surface area contributed by atoms with Gasteiger partial charge in [-0.3, -0.25) is 4.79 Å². The van der Waals surface area contributed by atoms with Gasteiger partial charge in [0.2, 0.25) is 0 Å². The molecule has 0 saturated heterocycles. The van der Waals surface area contributed by atoms with Crippen molar-refractivity contribution in [1.82, 2.24) is 15.0 Å². The summed E-state index contributed by atoms with van der Waals surface area (Å²) in [6.07, 6.45) is 1.48. The number of thioether (sulfide) groups is 1. The van der Waals surface area contributed by atoms with E-state index < -0.39 is 0 Å². The fraction of sp³-hybridized carbons (Fsp3) is 0.0870. The highest BCUT2D eigenvalue weighted by molar-refractivity contribution is 7.99. The van der Waals surface area contributed by atoms with Crippen LogP contribution in [0.3, 0.4) is 0 Å². The van der Waals surface area contributed by atoms with Crippen LogP contribution in [0.15, 0.2) is 77.0 Å². The van der Waals surface area contributed by atoms with E-state index in [-0.39, 0.29) is 11.7 Å². The molecule has 1 N–H and O–H groups in total. The Labute approximate surface area is 204 Å². The predicted octanol–water partition coefficient (Wildman–Crippen LogP) is 6.29. The van der Waals surface area contributed by atoms with Crippen LogP contribution in [-0.4, -0.2) is 27.4 Å². The van der Waals surface area contributed by atoms with Crippen LogP contribution in [0.4, 0.5) is 0 Å². The van der Waals surface area contributed by atoms with Gasteiger partial charge in [0.05, 0.1) is 34.6 Å². The molecular formula is C23H17Cl3N4OS. The van der Waals surface area contributed by atoms with E-state index in [0.717, 1.165) is 21.8 Å². The molecule has 5 nitrogen and oxygen atoms in total. The molecule has 0 spiro atoms. The number of nitrogens with one attached hydrogen (secondary N) is 1. The molecular weight excluding hydrogens is 487 g/mol. The van der Waals surface area contributed by atoms with Gasteiger partial charge in [0.1, 0.15) is 0 Å². The van der Waals surface area contributed by atoms with Gasteiger partial charge in [0.15, 0.2) is 5.16 Å². The molecule has 4 aromatic rings. The minimum atomic E-state index is -0.249. The van der Waals surface area contributed by atoms with Crippen LogP contribution in [0.5, 0.6) is 0 Å². The van der Waals surface area contributed by atoms with Crippen LogP contribution in [0.2, 0.25) is 15.1 Å². The molecule has 1 heterocycles. The molecule has 1 aromatic heterocycles. The second-order valence-corrected chi connectivity index (χ2v) is 9.07. The predicted molar refractivity (Wildman–Crippen MR) is 133 cm³/mol. The monoisotopic (exact) mass is 502 g/mol. The summed E-state index contributed by atoms with van der Waals surface area (Å²) in [5.41, 5.74) is 6.15. The third-order valence-electron chi connectivity index (χ3n) is 4.56. The fourth-order valence-corrected chi connectivity index (χ4v) is 4.42. The van der Waals surface area contributed by atoms with Crippen molar-refractivity contribution in [1.29, 1.82) is 0 Å². The summed E-state index contributed by atoms with van der Waals surface area (Å²) in [6, 6.07) is 20.6. The van der Waals surface area contributed by atoms with Gasteiger partial charge in [0, 0.05) is 15.6 Å². The summed E-state index contributed by atoms with van der Waals surface area (Å²) >= 11 is 19.4. The second kappa shape index (κ2) is 10.4. The van der Waals surface area contributed by atoms with Gasteiger partial charge in [-0.05, 0) is 42.0 Å². The number of carbonyl (C=O) groups excluding carboxylic acids is 1. The summed E-state index contributed by atoms with van der Waals surface area (Å²) in [7, 11) is 0. The van der Waals surface area contributed by atoms with Crippen molar-refractivity contribution in [3.8, 4) is 0 Å². The van der Waals surface area contributed by atoms with E-state index in [2.05, 4.69) is 15.1 Å². The third-order valence-corrected chi connectivity index (χ3v) is 6.35. The minimum absolute atomic E-state index is 0.162. The number of fused-ring (bicyclic) bond motifs is 1. The Morgan fingerprint density at radius 1 is 1.03 bits per heavy atom. The molecule has 0 bridgehead atoms. The van der Waals surface area contributed by atoms with E-state index in [1.807, 2.05) is 48.5 Å². The first-order chi connectivity index (χ1) is 15.5. The second-order valence-electron chi connectivity index (χ2n) is 6.84. The summed E-state index contributed by atoms with van der Waals surface area (Å²) in [4.78, 5) is 17.0. The number of halogens is 3.